The van der Waals surface area contributed by atoms with Gasteiger partial charge in [0.1, 0.15) is 18.2 Å². The van der Waals surface area contributed by atoms with Gasteiger partial charge >= 0.3 is 0 Å². The Hall–Kier alpha value is -2.03. The molecule has 0 aliphatic heterocycles. The van der Waals surface area contributed by atoms with Crippen LogP contribution in [0.15, 0.2) is 41.3 Å². The van der Waals surface area contributed by atoms with E-state index >= 15 is 0 Å². The minimum atomic E-state index is -3.75. The Labute approximate surface area is 150 Å². The normalized spacial score (nSPS) is 11.2. The summed E-state index contributed by atoms with van der Waals surface area (Å²) in [4.78, 5) is 0.0324. The quantitative estimate of drug-likeness (QED) is 0.703. The van der Waals surface area contributed by atoms with Crippen LogP contribution in [0.4, 0.5) is 4.39 Å². The lowest BCUT2D eigenvalue weighted by Gasteiger charge is -2.12. The molecule has 136 valence electrons. The highest BCUT2D eigenvalue weighted by atomic mass is 35.5. The van der Waals surface area contributed by atoms with Gasteiger partial charge in [0.05, 0.1) is 24.1 Å². The molecular weight excluding hydrogens is 373 g/mol. The van der Waals surface area contributed by atoms with E-state index in [9.17, 15) is 12.8 Å². The molecule has 2 rings (SSSR count). The van der Waals surface area contributed by atoms with Crippen molar-refractivity contribution in [3.8, 4) is 17.2 Å². The molecule has 0 unspecified atom stereocenters. The monoisotopic (exact) mass is 389 g/mol. The molecule has 0 amide bonds. The fourth-order valence-electron chi connectivity index (χ4n) is 2.00. The predicted octanol–water partition coefficient (Wildman–Crippen LogP) is 2.85. The minimum absolute atomic E-state index is 0.00435. The van der Waals surface area contributed by atoms with Crippen LogP contribution in [0.1, 0.15) is 0 Å². The van der Waals surface area contributed by atoms with E-state index in [-0.39, 0.29) is 28.8 Å². The van der Waals surface area contributed by atoms with Crippen molar-refractivity contribution < 1.29 is 27.0 Å². The lowest BCUT2D eigenvalue weighted by atomic mass is 10.3. The van der Waals surface area contributed by atoms with Gasteiger partial charge in [0, 0.05) is 12.6 Å². The van der Waals surface area contributed by atoms with Gasteiger partial charge in [0.2, 0.25) is 10.0 Å². The molecule has 2 aromatic carbocycles. The van der Waals surface area contributed by atoms with Crippen molar-refractivity contribution in [2.24, 2.45) is 0 Å². The Morgan fingerprint density at radius 1 is 1.04 bits per heavy atom. The van der Waals surface area contributed by atoms with E-state index in [2.05, 4.69) is 4.72 Å². The zero-order chi connectivity index (χ0) is 18.4. The van der Waals surface area contributed by atoms with E-state index in [4.69, 9.17) is 25.8 Å². The second kappa shape index (κ2) is 8.37. The van der Waals surface area contributed by atoms with Crippen LogP contribution >= 0.6 is 11.6 Å². The molecular formula is C16H17ClFNO5S. The molecule has 0 aliphatic rings. The summed E-state index contributed by atoms with van der Waals surface area (Å²) in [6.45, 7) is 0.0300. The summed E-state index contributed by atoms with van der Waals surface area (Å²) in [7, 11) is -0.869. The van der Waals surface area contributed by atoms with E-state index in [1.165, 1.54) is 44.6 Å². The van der Waals surface area contributed by atoms with Crippen molar-refractivity contribution in [3.63, 3.8) is 0 Å². The van der Waals surface area contributed by atoms with Gasteiger partial charge in [-0.3, -0.25) is 0 Å². The highest BCUT2D eigenvalue weighted by molar-refractivity contribution is 7.89. The fraction of sp³-hybridized carbons (Fsp3) is 0.250. The largest absolute Gasteiger partial charge is 0.493 e. The number of rotatable bonds is 8. The third-order valence-electron chi connectivity index (χ3n) is 3.21. The molecule has 0 fully saturated rings. The third-order valence-corrected chi connectivity index (χ3v) is 4.97. The van der Waals surface area contributed by atoms with Gasteiger partial charge in [-0.2, -0.15) is 0 Å². The highest BCUT2D eigenvalue weighted by Gasteiger charge is 2.16. The molecule has 9 heteroatoms. The van der Waals surface area contributed by atoms with Crippen molar-refractivity contribution in [2.75, 3.05) is 27.4 Å². The SMILES string of the molecule is COc1ccc(S(=O)(=O)NCCOc2ccc(F)cc2Cl)cc1OC. The van der Waals surface area contributed by atoms with Crippen molar-refractivity contribution in [2.45, 2.75) is 4.90 Å². The number of sulfonamides is 1. The first kappa shape index (κ1) is 19.3. The summed E-state index contributed by atoms with van der Waals surface area (Å²) in [6, 6.07) is 7.96. The zero-order valence-corrected chi connectivity index (χ0v) is 15.2. The smallest absolute Gasteiger partial charge is 0.240 e. The van der Waals surface area contributed by atoms with Crippen LogP contribution in [0.25, 0.3) is 0 Å². The molecule has 0 radical (unpaired) electrons. The predicted molar refractivity (Wildman–Crippen MR) is 91.6 cm³/mol. The Balaban J connectivity index is 1.97. The van der Waals surface area contributed by atoms with Crippen LogP contribution in [-0.2, 0) is 10.0 Å². The van der Waals surface area contributed by atoms with Gasteiger partial charge in [-0.05, 0) is 30.3 Å². The molecule has 0 saturated heterocycles. The van der Waals surface area contributed by atoms with Gasteiger partial charge in [-0.25, -0.2) is 17.5 Å². The number of methoxy groups -OCH3 is 2. The summed E-state index contributed by atoms with van der Waals surface area (Å²) in [6.07, 6.45) is 0. The first-order chi connectivity index (χ1) is 11.9. The van der Waals surface area contributed by atoms with Crippen molar-refractivity contribution in [1.29, 1.82) is 0 Å². The average molecular weight is 390 g/mol. The maximum Gasteiger partial charge on any atom is 0.240 e. The Morgan fingerprint density at radius 2 is 1.72 bits per heavy atom. The van der Waals surface area contributed by atoms with Crippen molar-refractivity contribution in [1.82, 2.24) is 4.72 Å². The van der Waals surface area contributed by atoms with E-state index in [1.54, 1.807) is 0 Å². The van der Waals surface area contributed by atoms with Crippen LogP contribution < -0.4 is 18.9 Å². The molecule has 0 aromatic heterocycles. The van der Waals surface area contributed by atoms with Gasteiger partial charge in [0.25, 0.3) is 0 Å². The molecule has 0 aliphatic carbocycles. The van der Waals surface area contributed by atoms with E-state index in [0.717, 1.165) is 6.07 Å². The number of ether oxygens (including phenoxy) is 3. The summed E-state index contributed by atoms with van der Waals surface area (Å²) < 4.78 is 55.4. The molecule has 1 N–H and O–H groups in total. The molecule has 0 heterocycles. The van der Waals surface area contributed by atoms with E-state index in [1.807, 2.05) is 0 Å². The second-order valence-electron chi connectivity index (χ2n) is 4.84. The van der Waals surface area contributed by atoms with E-state index in [0.29, 0.717) is 11.5 Å². The second-order valence-corrected chi connectivity index (χ2v) is 7.01. The van der Waals surface area contributed by atoms with Crippen LogP contribution in [-0.4, -0.2) is 35.8 Å². The first-order valence-corrected chi connectivity index (χ1v) is 9.03. The maximum absolute atomic E-state index is 12.9. The number of benzene rings is 2. The standard InChI is InChI=1S/C16H17ClFNO5S/c1-22-15-6-4-12(10-16(15)23-2)25(20,21)19-7-8-24-14-5-3-11(18)9-13(14)17/h3-6,9-10,19H,7-8H2,1-2H3. The van der Waals surface area contributed by atoms with Gasteiger partial charge in [-0.15, -0.1) is 0 Å². The summed E-state index contributed by atoms with van der Waals surface area (Å²) >= 11 is 5.83. The van der Waals surface area contributed by atoms with Crippen molar-refractivity contribution in [3.05, 3.63) is 47.2 Å². The van der Waals surface area contributed by atoms with Crippen LogP contribution in [0.5, 0.6) is 17.2 Å². The lowest BCUT2D eigenvalue weighted by molar-refractivity contribution is 0.322. The number of halogens is 2. The first-order valence-electron chi connectivity index (χ1n) is 7.17. The molecule has 6 nitrogen and oxygen atoms in total. The summed E-state index contributed by atoms with van der Waals surface area (Å²) in [5, 5.41) is 0.114. The lowest BCUT2D eigenvalue weighted by Crippen LogP contribution is -2.28. The topological polar surface area (TPSA) is 73.9 Å². The van der Waals surface area contributed by atoms with Gasteiger partial charge in [-0.1, -0.05) is 11.6 Å². The Morgan fingerprint density at radius 3 is 2.36 bits per heavy atom. The molecule has 0 saturated carbocycles. The maximum atomic E-state index is 12.9. The summed E-state index contributed by atoms with van der Waals surface area (Å²) in [5.41, 5.74) is 0. The average Bonchev–Trinajstić information content (AvgIpc) is 2.59. The molecule has 25 heavy (non-hydrogen) atoms. The van der Waals surface area contributed by atoms with Crippen LogP contribution in [0.2, 0.25) is 5.02 Å². The minimum Gasteiger partial charge on any atom is -0.493 e. The van der Waals surface area contributed by atoms with Crippen molar-refractivity contribution >= 4 is 21.6 Å². The molecule has 0 spiro atoms. The Kier molecular flexibility index (Phi) is 6.46. The highest BCUT2D eigenvalue weighted by Crippen LogP contribution is 2.29. The molecule has 0 bridgehead atoms. The van der Waals surface area contributed by atoms with Crippen LogP contribution in [0.3, 0.4) is 0 Å². The summed E-state index contributed by atoms with van der Waals surface area (Å²) in [5.74, 6) is 0.523. The van der Waals surface area contributed by atoms with Gasteiger partial charge < -0.3 is 14.2 Å². The number of nitrogens with one attached hydrogen (secondary N) is 1. The Bertz CT molecular complexity index is 844. The number of hydrogen-bond donors (Lipinski definition) is 1. The molecule has 2 aromatic rings. The zero-order valence-electron chi connectivity index (χ0n) is 13.6. The van der Waals surface area contributed by atoms with E-state index < -0.39 is 15.8 Å². The van der Waals surface area contributed by atoms with Gasteiger partial charge in [0.15, 0.2) is 11.5 Å². The van der Waals surface area contributed by atoms with Crippen LogP contribution in [0, 0.1) is 5.82 Å². The fourth-order valence-corrected chi connectivity index (χ4v) is 3.25. The number of hydrogen-bond acceptors (Lipinski definition) is 5. The molecule has 0 atom stereocenters. The third kappa shape index (κ3) is 4.97.